The normalized spacial score (nSPS) is 19.2. The monoisotopic (exact) mass is 752 g/mol. The molecule has 292 valence electrons. The van der Waals surface area contributed by atoms with Crippen molar-refractivity contribution in [1.29, 1.82) is 0 Å². The highest BCUT2D eigenvalue weighted by molar-refractivity contribution is 7.92. The van der Waals surface area contributed by atoms with Crippen LogP contribution in [0.3, 0.4) is 0 Å². The summed E-state index contributed by atoms with van der Waals surface area (Å²) in [4.78, 5) is 56.0. The van der Waals surface area contributed by atoms with Crippen LogP contribution in [0, 0.1) is 17.8 Å². The largest absolute Gasteiger partial charge is 0.390 e. The fourth-order valence-electron chi connectivity index (χ4n) is 7.64. The third-order valence-corrected chi connectivity index (χ3v) is 12.7. The van der Waals surface area contributed by atoms with E-state index in [1.807, 2.05) is 39.8 Å². The van der Waals surface area contributed by atoms with Gasteiger partial charge >= 0.3 is 0 Å². The van der Waals surface area contributed by atoms with Crippen LogP contribution in [0.15, 0.2) is 53.4 Å². The Morgan fingerprint density at radius 2 is 1.66 bits per heavy atom. The van der Waals surface area contributed by atoms with E-state index in [1.165, 1.54) is 0 Å². The Hall–Kier alpha value is -3.61. The number of hydrogen-bond acceptors (Lipinski definition) is 8. The SMILES string of the molecule is CCC(=O)N(C(=O)[C@@H](N)Cc1cccc(C2Cc3ccccc3S2(=O)=O)c1)[C@@H](CC(C)C)C(=O)N[C@@H](CC1CCCCC1)[C@@H](O)CC(=O)NCC(C)C. The maximum atomic E-state index is 14.3. The Balaban J connectivity index is 1.55. The van der Waals surface area contributed by atoms with Gasteiger partial charge in [-0.15, -0.1) is 0 Å². The lowest BCUT2D eigenvalue weighted by Gasteiger charge is -2.35. The number of carbonyl (C=O) groups excluding carboxylic acids is 4. The third-order valence-electron chi connectivity index (χ3n) is 10.5. The lowest BCUT2D eigenvalue weighted by Crippen LogP contribution is -2.59. The molecule has 1 aliphatic carbocycles. The molecule has 1 fully saturated rings. The van der Waals surface area contributed by atoms with E-state index in [2.05, 4.69) is 10.6 Å². The van der Waals surface area contributed by atoms with Crippen molar-refractivity contribution in [2.45, 2.75) is 140 Å². The van der Waals surface area contributed by atoms with Crippen molar-refractivity contribution in [2.75, 3.05) is 6.54 Å². The molecule has 1 unspecified atom stereocenters. The Kier molecular flexibility index (Phi) is 15.2. The summed E-state index contributed by atoms with van der Waals surface area (Å²) >= 11 is 0. The topological polar surface area (TPSA) is 176 Å². The number of aliphatic hydroxyl groups excluding tert-OH is 1. The van der Waals surface area contributed by atoms with Gasteiger partial charge in [-0.05, 0) is 66.2 Å². The number of rotatable bonds is 17. The van der Waals surface area contributed by atoms with Crippen molar-refractivity contribution >= 4 is 33.5 Å². The zero-order chi connectivity index (χ0) is 38.9. The van der Waals surface area contributed by atoms with E-state index in [0.29, 0.717) is 35.4 Å². The highest BCUT2D eigenvalue weighted by atomic mass is 32.2. The van der Waals surface area contributed by atoms with Gasteiger partial charge in [0, 0.05) is 13.0 Å². The molecule has 0 spiro atoms. The van der Waals surface area contributed by atoms with Gasteiger partial charge in [-0.3, -0.25) is 24.1 Å². The minimum atomic E-state index is -3.60. The molecule has 1 aliphatic heterocycles. The molecule has 4 rings (SSSR count). The molecule has 0 aromatic heterocycles. The van der Waals surface area contributed by atoms with Gasteiger partial charge in [-0.2, -0.15) is 0 Å². The first-order chi connectivity index (χ1) is 25.1. The first-order valence-electron chi connectivity index (χ1n) is 19.4. The number of aliphatic hydroxyl groups is 1. The van der Waals surface area contributed by atoms with Crippen molar-refractivity contribution in [3.8, 4) is 0 Å². The number of fused-ring (bicyclic) bond motifs is 1. The lowest BCUT2D eigenvalue weighted by molar-refractivity contribution is -0.153. The van der Waals surface area contributed by atoms with E-state index in [1.54, 1.807) is 43.3 Å². The number of imide groups is 1. The smallest absolute Gasteiger partial charge is 0.247 e. The maximum Gasteiger partial charge on any atom is 0.247 e. The molecule has 0 radical (unpaired) electrons. The van der Waals surface area contributed by atoms with Crippen LogP contribution in [0.25, 0.3) is 0 Å². The lowest BCUT2D eigenvalue weighted by atomic mass is 9.83. The van der Waals surface area contributed by atoms with Gasteiger partial charge in [0.05, 0.1) is 34.8 Å². The summed E-state index contributed by atoms with van der Waals surface area (Å²) < 4.78 is 26.8. The van der Waals surface area contributed by atoms with E-state index < -0.39 is 57.0 Å². The number of amides is 4. The van der Waals surface area contributed by atoms with Crippen LogP contribution in [0.2, 0.25) is 0 Å². The van der Waals surface area contributed by atoms with Gasteiger partial charge in [0.15, 0.2) is 9.84 Å². The van der Waals surface area contributed by atoms with Crippen LogP contribution in [0.4, 0.5) is 0 Å². The predicted octanol–water partition coefficient (Wildman–Crippen LogP) is 4.79. The molecule has 1 heterocycles. The molecule has 4 amide bonds. The quantitative estimate of drug-likeness (QED) is 0.179. The summed E-state index contributed by atoms with van der Waals surface area (Å²) in [7, 11) is -3.60. The van der Waals surface area contributed by atoms with Gasteiger partial charge in [0.2, 0.25) is 23.6 Å². The average Bonchev–Trinajstić information content (AvgIpc) is 3.40. The number of sulfone groups is 1. The Bertz CT molecular complexity index is 1690. The van der Waals surface area contributed by atoms with E-state index in [-0.39, 0.29) is 49.3 Å². The van der Waals surface area contributed by atoms with Crippen molar-refractivity contribution in [3.63, 3.8) is 0 Å². The second-order valence-electron chi connectivity index (χ2n) is 15.8. The third kappa shape index (κ3) is 11.2. The van der Waals surface area contributed by atoms with E-state index in [4.69, 9.17) is 5.73 Å². The summed E-state index contributed by atoms with van der Waals surface area (Å²) in [6.07, 6.45) is 4.80. The molecule has 2 aromatic rings. The zero-order valence-corrected chi connectivity index (χ0v) is 32.9. The van der Waals surface area contributed by atoms with Gasteiger partial charge < -0.3 is 21.5 Å². The minimum absolute atomic E-state index is 0.0183. The molecule has 1 saturated carbocycles. The zero-order valence-electron chi connectivity index (χ0n) is 32.1. The Labute approximate surface area is 315 Å². The molecule has 5 atom stereocenters. The number of nitrogens with one attached hydrogen (secondary N) is 2. The summed E-state index contributed by atoms with van der Waals surface area (Å²) in [6, 6.07) is 10.8. The summed E-state index contributed by atoms with van der Waals surface area (Å²) in [5.41, 5.74) is 8.53. The minimum Gasteiger partial charge on any atom is -0.390 e. The van der Waals surface area contributed by atoms with Crippen molar-refractivity contribution < 1.29 is 32.7 Å². The molecule has 0 bridgehead atoms. The number of nitrogens with two attached hydrogens (primary N) is 1. The second kappa shape index (κ2) is 19.1. The summed E-state index contributed by atoms with van der Waals surface area (Å²) in [5, 5.41) is 16.4. The molecular formula is C41H60N4O7S. The average molecular weight is 753 g/mol. The molecule has 53 heavy (non-hydrogen) atoms. The number of benzene rings is 2. The Morgan fingerprint density at radius 1 is 0.962 bits per heavy atom. The molecule has 11 nitrogen and oxygen atoms in total. The van der Waals surface area contributed by atoms with Gasteiger partial charge in [-0.25, -0.2) is 8.42 Å². The van der Waals surface area contributed by atoms with Crippen LogP contribution in [0.5, 0.6) is 0 Å². The Morgan fingerprint density at radius 3 is 2.30 bits per heavy atom. The highest BCUT2D eigenvalue weighted by Crippen LogP contribution is 2.41. The fraction of sp³-hybridized carbons (Fsp3) is 0.610. The second-order valence-corrected chi connectivity index (χ2v) is 17.9. The van der Waals surface area contributed by atoms with E-state index >= 15 is 0 Å². The maximum absolute atomic E-state index is 14.3. The van der Waals surface area contributed by atoms with E-state index in [0.717, 1.165) is 42.6 Å². The highest BCUT2D eigenvalue weighted by Gasteiger charge is 2.40. The first kappa shape index (κ1) is 42.1. The number of carbonyl (C=O) groups is 4. The van der Waals surface area contributed by atoms with Crippen LogP contribution < -0.4 is 16.4 Å². The van der Waals surface area contributed by atoms with Crippen LogP contribution in [0.1, 0.15) is 114 Å². The molecular weight excluding hydrogens is 693 g/mol. The van der Waals surface area contributed by atoms with E-state index in [9.17, 15) is 32.7 Å². The standard InChI is InChI=1S/C41H60N4O7S/c1-6-39(48)45(41(50)32(42)21-29-15-12-17-30(20-29)37-23-31-16-10-11-18-36(31)53(37,51)52)34(19-26(2)3)40(49)44-33(22-28-13-8-7-9-14-28)35(46)24-38(47)43-25-27(4)5/h10-12,15-18,20,26-28,32-35,37,46H,6-9,13-14,19,21-25,42H2,1-5H3,(H,43,47)(H,44,49)/t32-,33-,34-,35-,37?/m0/s1. The van der Waals surface area contributed by atoms with Crippen molar-refractivity contribution in [3.05, 3.63) is 65.2 Å². The van der Waals surface area contributed by atoms with Crippen LogP contribution >= 0.6 is 0 Å². The predicted molar refractivity (Wildman–Crippen MR) is 205 cm³/mol. The van der Waals surface area contributed by atoms with Crippen LogP contribution in [-0.4, -0.2) is 72.8 Å². The molecule has 2 aromatic carbocycles. The molecule has 2 aliphatic rings. The summed E-state index contributed by atoms with van der Waals surface area (Å²) in [6.45, 7) is 9.84. The first-order valence-corrected chi connectivity index (χ1v) is 20.9. The van der Waals surface area contributed by atoms with Crippen molar-refractivity contribution in [2.24, 2.45) is 23.5 Å². The molecule has 5 N–H and O–H groups in total. The van der Waals surface area contributed by atoms with Crippen molar-refractivity contribution in [1.82, 2.24) is 15.5 Å². The van der Waals surface area contributed by atoms with Gasteiger partial charge in [0.1, 0.15) is 6.04 Å². The van der Waals surface area contributed by atoms with Gasteiger partial charge in [-0.1, -0.05) is 109 Å². The number of nitrogens with zero attached hydrogens (tertiary/aromatic N) is 1. The molecule has 0 saturated heterocycles. The summed E-state index contributed by atoms with van der Waals surface area (Å²) in [5.74, 6) is -1.72. The number of hydrogen-bond donors (Lipinski definition) is 4. The van der Waals surface area contributed by atoms with Gasteiger partial charge in [0.25, 0.3) is 0 Å². The molecule has 12 heteroatoms. The van der Waals surface area contributed by atoms with Crippen LogP contribution in [-0.2, 0) is 41.9 Å². The fourth-order valence-corrected chi connectivity index (χ4v) is 9.64.